The highest BCUT2D eigenvalue weighted by atomic mass is 32.1. The molecule has 0 unspecified atom stereocenters. The number of benzene rings is 1. The zero-order chi connectivity index (χ0) is 12.7. The molecule has 1 aliphatic carbocycles. The number of hydrogen-bond acceptors (Lipinski definition) is 3. The lowest BCUT2D eigenvalue weighted by molar-refractivity contribution is 0.682. The number of rotatable bonds is 1. The lowest BCUT2D eigenvalue weighted by atomic mass is 10.0. The molecule has 0 bridgehead atoms. The van der Waals surface area contributed by atoms with Gasteiger partial charge in [-0.15, -0.1) is 11.3 Å². The number of aryl methyl sites for hydroxylation is 2. The number of hydrogen-bond donors (Lipinski definition) is 0. The fraction of sp³-hybridized carbons (Fsp3) is 0.250. The van der Waals surface area contributed by atoms with E-state index in [9.17, 15) is 0 Å². The van der Waals surface area contributed by atoms with Crippen LogP contribution >= 0.6 is 11.3 Å². The van der Waals surface area contributed by atoms with Gasteiger partial charge in [-0.2, -0.15) is 0 Å². The molecule has 0 amide bonds. The van der Waals surface area contributed by atoms with Gasteiger partial charge < -0.3 is 0 Å². The minimum atomic E-state index is 1.05. The second kappa shape index (κ2) is 4.42. The van der Waals surface area contributed by atoms with Gasteiger partial charge in [0.1, 0.15) is 5.01 Å². The first-order valence-electron chi connectivity index (χ1n) is 6.74. The van der Waals surface area contributed by atoms with E-state index in [1.807, 2.05) is 29.7 Å². The lowest BCUT2D eigenvalue weighted by Gasteiger charge is -2.06. The van der Waals surface area contributed by atoms with E-state index in [0.29, 0.717) is 0 Å². The third-order valence-electron chi connectivity index (χ3n) is 3.68. The molecule has 0 atom stereocenters. The summed E-state index contributed by atoms with van der Waals surface area (Å²) in [6, 6.07) is 10.4. The van der Waals surface area contributed by atoms with Gasteiger partial charge in [0.15, 0.2) is 0 Å². The van der Waals surface area contributed by atoms with Crippen molar-refractivity contribution in [2.45, 2.75) is 25.7 Å². The van der Waals surface area contributed by atoms with Crippen LogP contribution in [0.1, 0.15) is 23.4 Å². The smallest absolute Gasteiger partial charge is 0.125 e. The van der Waals surface area contributed by atoms with Gasteiger partial charge in [-0.05, 0) is 37.8 Å². The Kier molecular flexibility index (Phi) is 2.59. The topological polar surface area (TPSA) is 25.8 Å². The van der Waals surface area contributed by atoms with Gasteiger partial charge in [-0.1, -0.05) is 18.2 Å². The van der Waals surface area contributed by atoms with Crippen molar-refractivity contribution >= 4 is 22.2 Å². The van der Waals surface area contributed by atoms with E-state index in [-0.39, 0.29) is 0 Å². The fourth-order valence-corrected chi connectivity index (χ4v) is 3.79. The number of thiazole rings is 1. The summed E-state index contributed by atoms with van der Waals surface area (Å²) in [5.74, 6) is 0. The molecule has 2 aromatic heterocycles. The lowest BCUT2D eigenvalue weighted by Crippen LogP contribution is -1.98. The molecule has 3 aromatic rings. The number of nitrogens with zero attached hydrogens (tertiary/aromatic N) is 2. The molecule has 2 nitrogen and oxygen atoms in total. The van der Waals surface area contributed by atoms with Gasteiger partial charge in [0.2, 0.25) is 0 Å². The Labute approximate surface area is 116 Å². The quantitative estimate of drug-likeness (QED) is 0.658. The SMILES string of the molecule is c1ccc2ncc(-c3nc4c(s3)CCCC4)cc2c1. The van der Waals surface area contributed by atoms with Gasteiger partial charge in [-0.3, -0.25) is 4.98 Å². The first kappa shape index (κ1) is 11.1. The molecular formula is C16H14N2S. The van der Waals surface area contributed by atoms with Gasteiger partial charge in [0.25, 0.3) is 0 Å². The monoisotopic (exact) mass is 266 g/mol. The molecular weight excluding hydrogens is 252 g/mol. The molecule has 0 spiro atoms. The summed E-state index contributed by atoms with van der Waals surface area (Å²) in [6.45, 7) is 0. The normalized spacial score (nSPS) is 14.5. The Morgan fingerprint density at radius 1 is 1.05 bits per heavy atom. The summed E-state index contributed by atoms with van der Waals surface area (Å²) in [5.41, 5.74) is 3.52. The second-order valence-corrected chi connectivity index (χ2v) is 6.10. The summed E-state index contributed by atoms with van der Waals surface area (Å²) in [4.78, 5) is 10.8. The standard InChI is InChI=1S/C16H14N2S/c1-2-6-13-11(5-1)9-12(10-17-13)16-18-14-7-3-4-8-15(14)19-16/h1-2,5-6,9-10H,3-4,7-8H2. The van der Waals surface area contributed by atoms with Crippen LogP contribution in [0.15, 0.2) is 36.5 Å². The van der Waals surface area contributed by atoms with Crippen molar-refractivity contribution in [3.63, 3.8) is 0 Å². The number of para-hydroxylation sites is 1. The van der Waals surface area contributed by atoms with E-state index in [1.165, 1.54) is 35.2 Å². The Hall–Kier alpha value is -1.74. The fourth-order valence-electron chi connectivity index (χ4n) is 2.66. The van der Waals surface area contributed by atoms with Crippen LogP contribution in [0.3, 0.4) is 0 Å². The van der Waals surface area contributed by atoms with Crippen molar-refractivity contribution in [3.8, 4) is 10.6 Å². The van der Waals surface area contributed by atoms with Crippen LogP contribution in [0.4, 0.5) is 0 Å². The van der Waals surface area contributed by atoms with E-state index in [4.69, 9.17) is 4.98 Å². The Morgan fingerprint density at radius 2 is 1.95 bits per heavy atom. The largest absolute Gasteiger partial charge is 0.256 e. The van der Waals surface area contributed by atoms with Gasteiger partial charge in [-0.25, -0.2) is 4.98 Å². The van der Waals surface area contributed by atoms with Crippen LogP contribution in [0.25, 0.3) is 21.5 Å². The molecule has 0 radical (unpaired) electrons. The Bertz CT molecular complexity index is 722. The van der Waals surface area contributed by atoms with Crippen LogP contribution in [0.2, 0.25) is 0 Å². The third-order valence-corrected chi connectivity index (χ3v) is 4.89. The highest BCUT2D eigenvalue weighted by Gasteiger charge is 2.16. The maximum atomic E-state index is 4.81. The van der Waals surface area contributed by atoms with Crippen molar-refractivity contribution in [3.05, 3.63) is 47.1 Å². The molecule has 2 heterocycles. The predicted octanol–water partition coefficient (Wildman–Crippen LogP) is 4.24. The van der Waals surface area contributed by atoms with E-state index in [0.717, 1.165) is 22.5 Å². The van der Waals surface area contributed by atoms with Crippen LogP contribution in [-0.4, -0.2) is 9.97 Å². The molecule has 0 N–H and O–H groups in total. The molecule has 0 fully saturated rings. The highest BCUT2D eigenvalue weighted by Crippen LogP contribution is 2.33. The summed E-state index contributed by atoms with van der Waals surface area (Å²) in [6.07, 6.45) is 6.89. The summed E-state index contributed by atoms with van der Waals surface area (Å²) in [7, 11) is 0. The van der Waals surface area contributed by atoms with Crippen LogP contribution in [0.5, 0.6) is 0 Å². The van der Waals surface area contributed by atoms with Crippen molar-refractivity contribution in [1.82, 2.24) is 9.97 Å². The minimum Gasteiger partial charge on any atom is -0.256 e. The second-order valence-electron chi connectivity index (χ2n) is 5.01. The maximum absolute atomic E-state index is 4.81. The third kappa shape index (κ3) is 1.94. The van der Waals surface area contributed by atoms with E-state index in [1.54, 1.807) is 0 Å². The first-order chi connectivity index (χ1) is 9.40. The van der Waals surface area contributed by atoms with Crippen LogP contribution in [-0.2, 0) is 12.8 Å². The molecule has 1 aliphatic rings. The molecule has 3 heteroatoms. The molecule has 0 saturated carbocycles. The minimum absolute atomic E-state index is 1.05. The summed E-state index contributed by atoms with van der Waals surface area (Å²) in [5, 5.41) is 2.32. The van der Waals surface area contributed by atoms with E-state index in [2.05, 4.69) is 23.2 Å². The van der Waals surface area contributed by atoms with E-state index >= 15 is 0 Å². The molecule has 1 aromatic carbocycles. The molecule has 0 aliphatic heterocycles. The number of aromatic nitrogens is 2. The zero-order valence-electron chi connectivity index (χ0n) is 10.6. The van der Waals surface area contributed by atoms with E-state index < -0.39 is 0 Å². The maximum Gasteiger partial charge on any atom is 0.125 e. The molecule has 94 valence electrons. The first-order valence-corrected chi connectivity index (χ1v) is 7.55. The zero-order valence-corrected chi connectivity index (χ0v) is 11.4. The predicted molar refractivity (Wildman–Crippen MR) is 79.5 cm³/mol. The van der Waals surface area contributed by atoms with Crippen molar-refractivity contribution in [1.29, 1.82) is 0 Å². The van der Waals surface area contributed by atoms with Gasteiger partial charge >= 0.3 is 0 Å². The average molecular weight is 266 g/mol. The number of fused-ring (bicyclic) bond motifs is 2. The van der Waals surface area contributed by atoms with Crippen LogP contribution < -0.4 is 0 Å². The molecule has 19 heavy (non-hydrogen) atoms. The number of pyridine rings is 1. The molecule has 0 saturated heterocycles. The summed E-state index contributed by atoms with van der Waals surface area (Å²) < 4.78 is 0. The van der Waals surface area contributed by atoms with Crippen LogP contribution in [0, 0.1) is 0 Å². The molecule has 4 rings (SSSR count). The van der Waals surface area contributed by atoms with Crippen molar-refractivity contribution < 1.29 is 0 Å². The van der Waals surface area contributed by atoms with Crippen molar-refractivity contribution in [2.24, 2.45) is 0 Å². The van der Waals surface area contributed by atoms with Gasteiger partial charge in [0, 0.05) is 22.0 Å². The van der Waals surface area contributed by atoms with Gasteiger partial charge in [0.05, 0.1) is 11.2 Å². The Balaban J connectivity index is 1.83. The Morgan fingerprint density at radius 3 is 2.89 bits per heavy atom. The average Bonchev–Trinajstić information content (AvgIpc) is 2.90. The van der Waals surface area contributed by atoms with Crippen molar-refractivity contribution in [2.75, 3.05) is 0 Å². The highest BCUT2D eigenvalue weighted by molar-refractivity contribution is 7.15. The summed E-state index contributed by atoms with van der Waals surface area (Å²) >= 11 is 1.85.